The topological polar surface area (TPSA) is 99.0 Å². The van der Waals surface area contributed by atoms with Gasteiger partial charge in [0.05, 0.1) is 12.6 Å². The quantitative estimate of drug-likeness (QED) is 0.558. The van der Waals surface area contributed by atoms with E-state index in [0.29, 0.717) is 0 Å². The maximum absolute atomic E-state index is 11.2. The minimum absolute atomic E-state index is 0.149. The molecule has 1 fully saturated rings. The van der Waals surface area contributed by atoms with Crippen LogP contribution in [0.2, 0.25) is 0 Å². The zero-order chi connectivity index (χ0) is 14.8. The third-order valence-corrected chi connectivity index (χ3v) is 4.06. The first-order valence-corrected chi connectivity index (χ1v) is 7.11. The van der Waals surface area contributed by atoms with E-state index < -0.39 is 29.8 Å². The van der Waals surface area contributed by atoms with Gasteiger partial charge in [0.25, 0.3) is 0 Å². The van der Waals surface area contributed by atoms with E-state index in [4.69, 9.17) is 4.74 Å². The van der Waals surface area contributed by atoms with Crippen LogP contribution in [0.5, 0.6) is 0 Å². The largest absolute Gasteiger partial charge is 0.394 e. The maximum Gasteiger partial charge on any atom is 0.217 e. The SMILES string of the molecule is CC(=O)N[C@@H]1[C@@H](O)[C@@H](O)[C@@H](CO)O[C@H]1SC(C)(C)C. The van der Waals surface area contributed by atoms with Crippen molar-refractivity contribution in [3.05, 3.63) is 0 Å². The van der Waals surface area contributed by atoms with E-state index in [1.165, 1.54) is 18.7 Å². The van der Waals surface area contributed by atoms with E-state index in [0.717, 1.165) is 0 Å². The lowest BCUT2D eigenvalue weighted by molar-refractivity contribution is -0.173. The Hall–Kier alpha value is -0.340. The van der Waals surface area contributed by atoms with Gasteiger partial charge in [0.1, 0.15) is 23.7 Å². The Morgan fingerprint density at radius 2 is 1.89 bits per heavy atom. The molecule has 1 saturated heterocycles. The lowest BCUT2D eigenvalue weighted by atomic mass is 9.98. The van der Waals surface area contributed by atoms with Crippen molar-refractivity contribution in [1.29, 1.82) is 0 Å². The number of carbonyl (C=O) groups is 1. The Bertz CT molecular complexity index is 320. The number of rotatable bonds is 3. The van der Waals surface area contributed by atoms with Gasteiger partial charge < -0.3 is 25.4 Å². The smallest absolute Gasteiger partial charge is 0.217 e. The fraction of sp³-hybridized carbons (Fsp3) is 0.917. The van der Waals surface area contributed by atoms with Gasteiger partial charge in [-0.1, -0.05) is 20.8 Å². The zero-order valence-electron chi connectivity index (χ0n) is 11.7. The third-order valence-electron chi connectivity index (χ3n) is 2.72. The predicted octanol–water partition coefficient (Wildman–Crippen LogP) is -0.538. The Balaban J connectivity index is 2.89. The summed E-state index contributed by atoms with van der Waals surface area (Å²) in [6.07, 6.45) is -3.24. The summed E-state index contributed by atoms with van der Waals surface area (Å²) in [5.74, 6) is -0.304. The number of aliphatic hydroxyl groups excluding tert-OH is 3. The molecule has 1 aliphatic rings. The number of amides is 1. The third kappa shape index (κ3) is 4.61. The number of nitrogens with one attached hydrogen (secondary N) is 1. The van der Waals surface area contributed by atoms with Gasteiger partial charge in [0.2, 0.25) is 5.91 Å². The lowest BCUT2D eigenvalue weighted by Gasteiger charge is -2.44. The van der Waals surface area contributed by atoms with E-state index in [1.54, 1.807) is 0 Å². The highest BCUT2D eigenvalue weighted by Crippen LogP contribution is 2.35. The Morgan fingerprint density at radius 3 is 2.32 bits per heavy atom. The number of hydrogen-bond acceptors (Lipinski definition) is 6. The zero-order valence-corrected chi connectivity index (χ0v) is 12.5. The molecule has 4 N–H and O–H groups in total. The normalized spacial score (nSPS) is 36.1. The standard InChI is InChI=1S/C12H23NO5S/c1-6(15)13-8-10(17)9(16)7(5-14)18-11(8)19-12(2,3)4/h7-11,14,16-17H,5H2,1-4H3,(H,13,15)/t7-,8-,9+,10-,11+/m1/s1. The van der Waals surface area contributed by atoms with E-state index in [-0.39, 0.29) is 17.3 Å². The van der Waals surface area contributed by atoms with E-state index in [1.807, 2.05) is 20.8 Å². The van der Waals surface area contributed by atoms with Gasteiger partial charge in [-0.15, -0.1) is 11.8 Å². The molecule has 6 nitrogen and oxygen atoms in total. The van der Waals surface area contributed by atoms with Gasteiger partial charge in [0.15, 0.2) is 0 Å². The van der Waals surface area contributed by atoms with Crippen molar-refractivity contribution in [2.24, 2.45) is 0 Å². The molecule has 1 heterocycles. The number of ether oxygens (including phenoxy) is 1. The number of aliphatic hydroxyl groups is 3. The highest BCUT2D eigenvalue weighted by Gasteiger charge is 2.45. The first-order chi connectivity index (χ1) is 8.65. The molecule has 0 saturated carbocycles. The first kappa shape index (κ1) is 16.7. The monoisotopic (exact) mass is 293 g/mol. The van der Waals surface area contributed by atoms with Crippen molar-refractivity contribution >= 4 is 17.7 Å². The summed E-state index contributed by atoms with van der Waals surface area (Å²) in [5, 5.41) is 31.7. The van der Waals surface area contributed by atoms with Crippen molar-refractivity contribution in [3.63, 3.8) is 0 Å². The molecule has 1 aliphatic heterocycles. The Morgan fingerprint density at radius 1 is 1.32 bits per heavy atom. The summed E-state index contributed by atoms with van der Waals surface area (Å²) < 4.78 is 5.45. The van der Waals surface area contributed by atoms with Gasteiger partial charge in [0, 0.05) is 11.7 Å². The minimum Gasteiger partial charge on any atom is -0.394 e. The number of hydrogen-bond donors (Lipinski definition) is 4. The molecule has 0 aromatic heterocycles. The van der Waals surface area contributed by atoms with Crippen LogP contribution in [0.1, 0.15) is 27.7 Å². The van der Waals surface area contributed by atoms with Crippen LogP contribution in [-0.4, -0.2) is 62.4 Å². The van der Waals surface area contributed by atoms with E-state index in [2.05, 4.69) is 5.32 Å². The molecule has 0 bridgehead atoms. The number of thioether (sulfide) groups is 1. The molecule has 7 heteroatoms. The first-order valence-electron chi connectivity index (χ1n) is 6.23. The highest BCUT2D eigenvalue weighted by atomic mass is 32.2. The Kier molecular flexibility index (Phi) is 5.64. The highest BCUT2D eigenvalue weighted by molar-refractivity contribution is 8.01. The van der Waals surface area contributed by atoms with Crippen molar-refractivity contribution in [1.82, 2.24) is 5.32 Å². The maximum atomic E-state index is 11.2. The van der Waals surface area contributed by atoms with Crippen molar-refractivity contribution in [2.75, 3.05) is 6.61 Å². The summed E-state index contributed by atoms with van der Waals surface area (Å²) in [7, 11) is 0. The fourth-order valence-electron chi connectivity index (χ4n) is 1.92. The fourth-order valence-corrected chi connectivity index (χ4v) is 3.19. The van der Waals surface area contributed by atoms with Gasteiger partial charge in [-0.3, -0.25) is 4.79 Å². The van der Waals surface area contributed by atoms with Crippen molar-refractivity contribution < 1.29 is 24.9 Å². The molecule has 0 aromatic rings. The summed E-state index contributed by atoms with van der Waals surface area (Å²) in [5.41, 5.74) is -0.528. The van der Waals surface area contributed by atoms with Gasteiger partial charge in [-0.25, -0.2) is 0 Å². The van der Waals surface area contributed by atoms with Crippen LogP contribution in [0.25, 0.3) is 0 Å². The van der Waals surface area contributed by atoms with Gasteiger partial charge >= 0.3 is 0 Å². The molecule has 5 atom stereocenters. The molecular weight excluding hydrogens is 270 g/mol. The van der Waals surface area contributed by atoms with Crippen molar-refractivity contribution in [3.8, 4) is 0 Å². The lowest BCUT2D eigenvalue weighted by Crippen LogP contribution is -2.63. The van der Waals surface area contributed by atoms with Crippen LogP contribution < -0.4 is 5.32 Å². The van der Waals surface area contributed by atoms with Crippen LogP contribution in [0.15, 0.2) is 0 Å². The van der Waals surface area contributed by atoms with Crippen molar-refractivity contribution in [2.45, 2.75) is 62.2 Å². The molecule has 0 aliphatic carbocycles. The second kappa shape index (κ2) is 6.41. The molecule has 112 valence electrons. The summed E-state index contributed by atoms with van der Waals surface area (Å²) in [6.45, 7) is 6.91. The average molecular weight is 293 g/mol. The molecule has 1 rings (SSSR count). The molecule has 0 aromatic carbocycles. The van der Waals surface area contributed by atoms with Crippen LogP contribution in [0.4, 0.5) is 0 Å². The summed E-state index contributed by atoms with van der Waals surface area (Å²) >= 11 is 1.43. The van der Waals surface area contributed by atoms with Gasteiger partial charge in [-0.05, 0) is 0 Å². The average Bonchev–Trinajstić information content (AvgIpc) is 2.26. The second-order valence-electron chi connectivity index (χ2n) is 5.66. The summed E-state index contributed by atoms with van der Waals surface area (Å²) in [6, 6.07) is -0.709. The molecule has 19 heavy (non-hydrogen) atoms. The van der Waals surface area contributed by atoms with Crippen LogP contribution >= 0.6 is 11.8 Å². The van der Waals surface area contributed by atoms with Crippen LogP contribution in [0.3, 0.4) is 0 Å². The molecule has 1 amide bonds. The predicted molar refractivity (Wildman–Crippen MR) is 72.7 cm³/mol. The van der Waals surface area contributed by atoms with E-state index in [9.17, 15) is 20.1 Å². The van der Waals surface area contributed by atoms with Crippen LogP contribution in [-0.2, 0) is 9.53 Å². The second-order valence-corrected chi connectivity index (χ2v) is 7.59. The summed E-state index contributed by atoms with van der Waals surface area (Å²) in [4.78, 5) is 11.2. The molecule has 0 spiro atoms. The van der Waals surface area contributed by atoms with E-state index >= 15 is 0 Å². The molecular formula is C12H23NO5S. The number of carbonyl (C=O) groups excluding carboxylic acids is 1. The molecule has 0 unspecified atom stereocenters. The van der Waals surface area contributed by atoms with Gasteiger partial charge in [-0.2, -0.15) is 0 Å². The Labute approximate surface area is 117 Å². The van der Waals surface area contributed by atoms with Crippen LogP contribution in [0, 0.1) is 0 Å². The minimum atomic E-state index is -1.22. The molecule has 0 radical (unpaired) electrons.